The van der Waals surface area contributed by atoms with Crippen molar-refractivity contribution in [1.82, 2.24) is 24.6 Å². The Morgan fingerprint density at radius 3 is 2.74 bits per heavy atom. The van der Waals surface area contributed by atoms with Crippen LogP contribution in [0.3, 0.4) is 0 Å². The summed E-state index contributed by atoms with van der Waals surface area (Å²) in [5, 5.41) is 10.7. The van der Waals surface area contributed by atoms with E-state index in [4.69, 9.17) is 0 Å². The van der Waals surface area contributed by atoms with E-state index in [1.165, 1.54) is 10.6 Å². The number of carbonyl (C=O) groups is 1. The molecule has 0 aliphatic heterocycles. The van der Waals surface area contributed by atoms with E-state index in [2.05, 4.69) is 15.5 Å². The first-order chi connectivity index (χ1) is 11.1. The standard InChI is InChI=1S/C16H15N5O2/c1-20-8-7-12(9-15(20)22)16(23)17-10-14-19-18-11-21(14)13-5-3-2-4-6-13/h2-9,11H,10H2,1H3,(H,17,23). The molecular formula is C16H15N5O2. The number of hydrogen-bond donors (Lipinski definition) is 1. The third kappa shape index (κ3) is 3.18. The van der Waals surface area contributed by atoms with Crippen LogP contribution in [-0.4, -0.2) is 25.2 Å². The first-order valence-corrected chi connectivity index (χ1v) is 7.04. The topological polar surface area (TPSA) is 81.8 Å². The SMILES string of the molecule is Cn1ccc(C(=O)NCc2nncn2-c2ccccc2)cc1=O. The molecule has 0 aliphatic rings. The van der Waals surface area contributed by atoms with E-state index < -0.39 is 0 Å². The minimum atomic E-state index is -0.328. The van der Waals surface area contributed by atoms with Gasteiger partial charge in [0.25, 0.3) is 11.5 Å². The van der Waals surface area contributed by atoms with Crippen molar-refractivity contribution in [2.24, 2.45) is 7.05 Å². The van der Waals surface area contributed by atoms with Crippen molar-refractivity contribution in [3.05, 3.63) is 76.7 Å². The van der Waals surface area contributed by atoms with Crippen LogP contribution in [-0.2, 0) is 13.6 Å². The van der Waals surface area contributed by atoms with Crippen molar-refractivity contribution in [2.45, 2.75) is 6.54 Å². The Kier molecular flexibility index (Phi) is 4.01. The number of hydrogen-bond acceptors (Lipinski definition) is 4. The van der Waals surface area contributed by atoms with Gasteiger partial charge in [0.1, 0.15) is 6.33 Å². The van der Waals surface area contributed by atoms with Gasteiger partial charge >= 0.3 is 0 Å². The second kappa shape index (κ2) is 6.27. The van der Waals surface area contributed by atoms with Gasteiger partial charge in [0, 0.05) is 30.6 Å². The predicted octanol–water partition coefficient (Wildman–Crippen LogP) is 0.896. The molecule has 0 saturated heterocycles. The molecule has 0 saturated carbocycles. The zero-order valence-corrected chi connectivity index (χ0v) is 12.5. The molecule has 0 atom stereocenters. The summed E-state index contributed by atoms with van der Waals surface area (Å²) in [6.45, 7) is 0.211. The summed E-state index contributed by atoms with van der Waals surface area (Å²) in [5.41, 5.74) is 0.999. The number of amides is 1. The highest BCUT2D eigenvalue weighted by atomic mass is 16.2. The second-order valence-corrected chi connectivity index (χ2v) is 5.00. The Morgan fingerprint density at radius 1 is 1.22 bits per heavy atom. The van der Waals surface area contributed by atoms with Crippen LogP contribution in [0, 0.1) is 0 Å². The molecule has 116 valence electrons. The number of pyridine rings is 1. The summed E-state index contributed by atoms with van der Waals surface area (Å²) in [6.07, 6.45) is 3.15. The van der Waals surface area contributed by atoms with Crippen molar-refractivity contribution in [3.63, 3.8) is 0 Å². The molecule has 1 N–H and O–H groups in total. The lowest BCUT2D eigenvalue weighted by atomic mass is 10.2. The Bertz CT molecular complexity index is 883. The van der Waals surface area contributed by atoms with Crippen molar-refractivity contribution in [2.75, 3.05) is 0 Å². The minimum absolute atomic E-state index is 0.211. The molecule has 0 bridgehead atoms. The molecule has 23 heavy (non-hydrogen) atoms. The van der Waals surface area contributed by atoms with E-state index >= 15 is 0 Å². The highest BCUT2D eigenvalue weighted by molar-refractivity contribution is 5.93. The van der Waals surface area contributed by atoms with E-state index in [-0.39, 0.29) is 18.0 Å². The van der Waals surface area contributed by atoms with Crippen molar-refractivity contribution in [1.29, 1.82) is 0 Å². The Labute approximate surface area is 132 Å². The number of nitrogens with one attached hydrogen (secondary N) is 1. The van der Waals surface area contributed by atoms with Gasteiger partial charge in [0.2, 0.25) is 0 Å². The van der Waals surface area contributed by atoms with Gasteiger partial charge in [0.15, 0.2) is 5.82 Å². The van der Waals surface area contributed by atoms with Gasteiger partial charge in [-0.15, -0.1) is 10.2 Å². The minimum Gasteiger partial charge on any atom is -0.345 e. The molecule has 7 heteroatoms. The second-order valence-electron chi connectivity index (χ2n) is 5.00. The summed E-state index contributed by atoms with van der Waals surface area (Å²) in [6, 6.07) is 12.5. The number of benzene rings is 1. The van der Waals surface area contributed by atoms with Gasteiger partial charge in [-0.1, -0.05) is 18.2 Å². The van der Waals surface area contributed by atoms with E-state index in [9.17, 15) is 9.59 Å². The highest BCUT2D eigenvalue weighted by Gasteiger charge is 2.10. The van der Waals surface area contributed by atoms with Crippen LogP contribution in [0.4, 0.5) is 0 Å². The molecule has 0 spiro atoms. The highest BCUT2D eigenvalue weighted by Crippen LogP contribution is 2.08. The number of aryl methyl sites for hydroxylation is 1. The fourth-order valence-corrected chi connectivity index (χ4v) is 2.13. The summed E-state index contributed by atoms with van der Waals surface area (Å²) in [5.74, 6) is 0.277. The van der Waals surface area contributed by atoms with Crippen LogP contribution in [0.15, 0.2) is 59.8 Å². The molecule has 0 fully saturated rings. The molecule has 3 aromatic rings. The van der Waals surface area contributed by atoms with Crippen molar-refractivity contribution >= 4 is 5.91 Å². The summed E-state index contributed by atoms with van der Waals surface area (Å²) < 4.78 is 3.20. The quantitative estimate of drug-likeness (QED) is 0.776. The van der Waals surface area contributed by atoms with Crippen LogP contribution < -0.4 is 10.9 Å². The third-order valence-electron chi connectivity index (χ3n) is 3.43. The lowest BCUT2D eigenvalue weighted by molar-refractivity contribution is 0.0949. The average molecular weight is 309 g/mol. The van der Waals surface area contributed by atoms with Crippen LogP contribution in [0.5, 0.6) is 0 Å². The molecule has 0 unspecified atom stereocenters. The summed E-state index contributed by atoms with van der Waals surface area (Å²) in [4.78, 5) is 23.7. The number of rotatable bonds is 4. The molecule has 0 radical (unpaired) electrons. The molecule has 3 rings (SSSR count). The number of para-hydroxylation sites is 1. The van der Waals surface area contributed by atoms with Crippen molar-refractivity contribution in [3.8, 4) is 5.69 Å². The molecule has 7 nitrogen and oxygen atoms in total. The van der Waals surface area contributed by atoms with Gasteiger partial charge in [-0.3, -0.25) is 14.2 Å². The van der Waals surface area contributed by atoms with Crippen molar-refractivity contribution < 1.29 is 4.79 Å². The summed E-state index contributed by atoms with van der Waals surface area (Å²) in [7, 11) is 1.63. The lowest BCUT2D eigenvalue weighted by Crippen LogP contribution is -2.26. The van der Waals surface area contributed by atoms with Gasteiger partial charge in [-0.05, 0) is 18.2 Å². The van der Waals surface area contributed by atoms with E-state index in [0.717, 1.165) is 5.69 Å². The van der Waals surface area contributed by atoms with Crippen LogP contribution in [0.1, 0.15) is 16.2 Å². The summed E-state index contributed by atoms with van der Waals surface area (Å²) >= 11 is 0. The number of aromatic nitrogens is 4. The zero-order chi connectivity index (χ0) is 16.2. The number of carbonyl (C=O) groups excluding carboxylic acids is 1. The van der Waals surface area contributed by atoms with Crippen LogP contribution >= 0.6 is 0 Å². The molecule has 1 aromatic carbocycles. The third-order valence-corrected chi connectivity index (χ3v) is 3.43. The monoisotopic (exact) mass is 309 g/mol. The zero-order valence-electron chi connectivity index (χ0n) is 12.5. The first kappa shape index (κ1) is 14.7. The van der Waals surface area contributed by atoms with Crippen LogP contribution in [0.25, 0.3) is 5.69 Å². The van der Waals surface area contributed by atoms with Gasteiger partial charge in [-0.2, -0.15) is 0 Å². The molecular weight excluding hydrogens is 294 g/mol. The van der Waals surface area contributed by atoms with Gasteiger partial charge in [0.05, 0.1) is 6.54 Å². The lowest BCUT2D eigenvalue weighted by Gasteiger charge is -2.08. The molecule has 1 amide bonds. The molecule has 2 heterocycles. The van der Waals surface area contributed by atoms with Gasteiger partial charge in [-0.25, -0.2) is 0 Å². The first-order valence-electron chi connectivity index (χ1n) is 7.04. The molecule has 2 aromatic heterocycles. The van der Waals surface area contributed by atoms with E-state index in [1.807, 2.05) is 30.3 Å². The Hall–Kier alpha value is -3.22. The van der Waals surface area contributed by atoms with Crippen LogP contribution in [0.2, 0.25) is 0 Å². The normalized spacial score (nSPS) is 10.5. The largest absolute Gasteiger partial charge is 0.345 e. The smallest absolute Gasteiger partial charge is 0.251 e. The predicted molar refractivity (Wildman–Crippen MR) is 84.2 cm³/mol. The molecule has 0 aliphatic carbocycles. The fraction of sp³-hybridized carbons (Fsp3) is 0.125. The Morgan fingerprint density at radius 2 is 2.00 bits per heavy atom. The van der Waals surface area contributed by atoms with E-state index in [0.29, 0.717) is 11.4 Å². The maximum atomic E-state index is 12.1. The van der Waals surface area contributed by atoms with Gasteiger partial charge < -0.3 is 9.88 Å². The van der Waals surface area contributed by atoms with E-state index in [1.54, 1.807) is 30.2 Å². The maximum absolute atomic E-state index is 12.1. The Balaban J connectivity index is 1.74. The fourth-order valence-electron chi connectivity index (χ4n) is 2.13. The average Bonchev–Trinajstić information content (AvgIpc) is 3.04. The number of nitrogens with zero attached hydrogens (tertiary/aromatic N) is 4. The maximum Gasteiger partial charge on any atom is 0.251 e.